The van der Waals surface area contributed by atoms with E-state index < -0.39 is 5.97 Å². The molecule has 0 unspecified atom stereocenters. The summed E-state index contributed by atoms with van der Waals surface area (Å²) in [6, 6.07) is 17.9. The Bertz CT molecular complexity index is 948. The first-order valence-corrected chi connectivity index (χ1v) is 8.31. The van der Waals surface area contributed by atoms with E-state index in [9.17, 15) is 9.59 Å². The summed E-state index contributed by atoms with van der Waals surface area (Å²) >= 11 is 0. The Morgan fingerprint density at radius 1 is 0.962 bits per heavy atom. The zero-order valence-electron chi connectivity index (χ0n) is 14.4. The maximum absolute atomic E-state index is 12.7. The van der Waals surface area contributed by atoms with Gasteiger partial charge in [-0.1, -0.05) is 54.1 Å². The van der Waals surface area contributed by atoms with Gasteiger partial charge in [0.25, 0.3) is 0 Å². The summed E-state index contributed by atoms with van der Waals surface area (Å²) in [7, 11) is 0. The predicted molar refractivity (Wildman–Crippen MR) is 101 cm³/mol. The van der Waals surface area contributed by atoms with Crippen LogP contribution in [0, 0.1) is 6.92 Å². The average Bonchev–Trinajstić information content (AvgIpc) is 3.10. The third-order valence-corrected chi connectivity index (χ3v) is 4.15. The quantitative estimate of drug-likeness (QED) is 0.672. The molecule has 0 radical (unpaired) electrons. The molecule has 0 fully saturated rings. The third-order valence-electron chi connectivity index (χ3n) is 4.15. The zero-order chi connectivity index (χ0) is 18.5. The van der Waals surface area contributed by atoms with Crippen molar-refractivity contribution in [2.24, 2.45) is 0 Å². The van der Waals surface area contributed by atoms with Gasteiger partial charge in [0.15, 0.2) is 0 Å². The highest BCUT2D eigenvalue weighted by Crippen LogP contribution is 2.13. The summed E-state index contributed by atoms with van der Waals surface area (Å²) < 4.78 is 1.89. The van der Waals surface area contributed by atoms with Crippen molar-refractivity contribution >= 4 is 17.8 Å². The van der Waals surface area contributed by atoms with E-state index >= 15 is 0 Å². The highest BCUT2D eigenvalue weighted by atomic mass is 16.4. The monoisotopic (exact) mass is 345 g/mol. The molecule has 0 aliphatic heterocycles. The topological polar surface area (TPSA) is 59.3 Å². The summed E-state index contributed by atoms with van der Waals surface area (Å²) in [5, 5.41) is 8.92. The van der Waals surface area contributed by atoms with Gasteiger partial charge < -0.3 is 9.67 Å². The molecule has 4 heteroatoms. The Morgan fingerprint density at radius 3 is 2.27 bits per heavy atom. The molecular formula is C22H19NO3. The fourth-order valence-electron chi connectivity index (χ4n) is 2.67. The Kier molecular flexibility index (Phi) is 5.13. The lowest BCUT2D eigenvalue weighted by Crippen LogP contribution is -2.09. The lowest BCUT2D eigenvalue weighted by molar-refractivity contribution is 0.0696. The standard InChI is InChI=1S/C22H19NO3/c1-16-6-10-18(11-7-16)21(24)20-5-3-15-23(20)14-2-4-17-8-12-19(13-9-17)22(25)26/h2-13,15H,14H2,1H3,(H,25,26)/b4-2+. The largest absolute Gasteiger partial charge is 0.478 e. The molecule has 4 nitrogen and oxygen atoms in total. The summed E-state index contributed by atoms with van der Waals surface area (Å²) in [6.07, 6.45) is 5.73. The van der Waals surface area contributed by atoms with Crippen LogP contribution in [0.2, 0.25) is 0 Å². The first-order chi connectivity index (χ1) is 12.5. The second kappa shape index (κ2) is 7.66. The molecule has 2 aromatic carbocycles. The minimum absolute atomic E-state index is 0.00536. The smallest absolute Gasteiger partial charge is 0.335 e. The molecule has 1 heterocycles. The maximum atomic E-state index is 12.7. The van der Waals surface area contributed by atoms with Crippen molar-refractivity contribution in [3.8, 4) is 0 Å². The molecule has 3 rings (SSSR count). The molecule has 0 bridgehead atoms. The molecule has 0 spiro atoms. The van der Waals surface area contributed by atoms with Crippen LogP contribution in [0.25, 0.3) is 6.08 Å². The number of ketones is 1. The van der Waals surface area contributed by atoms with Crippen molar-refractivity contribution < 1.29 is 14.7 Å². The molecule has 0 saturated carbocycles. The van der Waals surface area contributed by atoms with Crippen molar-refractivity contribution in [1.29, 1.82) is 0 Å². The molecule has 0 saturated heterocycles. The highest BCUT2D eigenvalue weighted by Gasteiger charge is 2.12. The van der Waals surface area contributed by atoms with Gasteiger partial charge in [0.2, 0.25) is 5.78 Å². The fraction of sp³-hybridized carbons (Fsp3) is 0.0909. The van der Waals surface area contributed by atoms with E-state index in [2.05, 4.69) is 0 Å². The second-order valence-corrected chi connectivity index (χ2v) is 6.07. The van der Waals surface area contributed by atoms with Crippen molar-refractivity contribution in [3.05, 3.63) is 101 Å². The van der Waals surface area contributed by atoms with Crippen molar-refractivity contribution in [3.63, 3.8) is 0 Å². The molecule has 1 aromatic heterocycles. The molecule has 0 aliphatic rings. The number of carbonyl (C=O) groups excluding carboxylic acids is 1. The predicted octanol–water partition coefficient (Wildman–Crippen LogP) is 4.44. The van der Waals surface area contributed by atoms with Crippen LogP contribution < -0.4 is 0 Å². The summed E-state index contributed by atoms with van der Waals surface area (Å²) in [5.74, 6) is -0.943. The van der Waals surface area contributed by atoms with E-state index in [1.807, 2.05) is 66.2 Å². The van der Waals surface area contributed by atoms with Crippen molar-refractivity contribution in [1.82, 2.24) is 4.57 Å². The Morgan fingerprint density at radius 2 is 1.62 bits per heavy atom. The number of carboxylic acids is 1. The van der Waals surface area contributed by atoms with Gasteiger partial charge in [-0.3, -0.25) is 4.79 Å². The van der Waals surface area contributed by atoms with E-state index in [1.165, 1.54) is 0 Å². The van der Waals surface area contributed by atoms with Gasteiger partial charge in [-0.2, -0.15) is 0 Å². The number of nitrogens with zero attached hydrogens (tertiary/aromatic N) is 1. The van der Waals surface area contributed by atoms with E-state index in [1.54, 1.807) is 24.3 Å². The lowest BCUT2D eigenvalue weighted by Gasteiger charge is -2.06. The Hall–Kier alpha value is -3.40. The SMILES string of the molecule is Cc1ccc(C(=O)c2cccn2C/C=C/c2ccc(C(=O)O)cc2)cc1. The van der Waals surface area contributed by atoms with Gasteiger partial charge in [-0.05, 0) is 36.8 Å². The van der Waals surface area contributed by atoms with Crippen LogP contribution in [-0.2, 0) is 6.54 Å². The lowest BCUT2D eigenvalue weighted by atomic mass is 10.1. The molecular weight excluding hydrogens is 326 g/mol. The number of rotatable bonds is 6. The molecule has 26 heavy (non-hydrogen) atoms. The maximum Gasteiger partial charge on any atom is 0.335 e. The second-order valence-electron chi connectivity index (χ2n) is 6.07. The van der Waals surface area contributed by atoms with Crippen LogP contribution in [0.15, 0.2) is 72.9 Å². The number of carboxylic acid groups (broad SMARTS) is 1. The van der Waals surface area contributed by atoms with Gasteiger partial charge in [0.1, 0.15) is 0 Å². The zero-order valence-corrected chi connectivity index (χ0v) is 14.4. The molecule has 0 amide bonds. The van der Waals surface area contributed by atoms with E-state index in [0.717, 1.165) is 11.1 Å². The average molecular weight is 345 g/mol. The van der Waals surface area contributed by atoms with E-state index in [4.69, 9.17) is 5.11 Å². The molecule has 0 atom stereocenters. The van der Waals surface area contributed by atoms with Crippen LogP contribution in [-0.4, -0.2) is 21.4 Å². The number of aromatic carboxylic acids is 1. The van der Waals surface area contributed by atoms with Crippen molar-refractivity contribution in [2.75, 3.05) is 0 Å². The minimum Gasteiger partial charge on any atom is -0.478 e. The number of aromatic nitrogens is 1. The highest BCUT2D eigenvalue weighted by molar-refractivity contribution is 6.08. The normalized spacial score (nSPS) is 11.0. The number of hydrogen-bond acceptors (Lipinski definition) is 2. The molecule has 0 aliphatic carbocycles. The summed E-state index contributed by atoms with van der Waals surface area (Å²) in [5.41, 5.74) is 3.60. The number of allylic oxidation sites excluding steroid dienone is 1. The van der Waals surface area contributed by atoms with Gasteiger partial charge in [0, 0.05) is 18.3 Å². The fourth-order valence-corrected chi connectivity index (χ4v) is 2.67. The van der Waals surface area contributed by atoms with Gasteiger partial charge in [-0.25, -0.2) is 4.79 Å². The van der Waals surface area contributed by atoms with Gasteiger partial charge in [-0.15, -0.1) is 0 Å². The first-order valence-electron chi connectivity index (χ1n) is 8.31. The Balaban J connectivity index is 1.71. The van der Waals surface area contributed by atoms with Crippen LogP contribution >= 0.6 is 0 Å². The molecule has 3 aromatic rings. The van der Waals surface area contributed by atoms with Crippen LogP contribution in [0.1, 0.15) is 37.5 Å². The number of benzene rings is 2. The molecule has 130 valence electrons. The summed E-state index contributed by atoms with van der Waals surface area (Å²) in [4.78, 5) is 23.5. The van der Waals surface area contributed by atoms with Crippen molar-refractivity contribution in [2.45, 2.75) is 13.5 Å². The third kappa shape index (κ3) is 3.98. The number of carbonyl (C=O) groups is 2. The summed E-state index contributed by atoms with van der Waals surface area (Å²) in [6.45, 7) is 2.55. The van der Waals surface area contributed by atoms with E-state index in [0.29, 0.717) is 17.8 Å². The van der Waals surface area contributed by atoms with Gasteiger partial charge in [0.05, 0.1) is 11.3 Å². The van der Waals surface area contributed by atoms with Gasteiger partial charge >= 0.3 is 5.97 Å². The number of aryl methyl sites for hydroxylation is 1. The number of hydrogen-bond donors (Lipinski definition) is 1. The van der Waals surface area contributed by atoms with Crippen LogP contribution in [0.4, 0.5) is 0 Å². The van der Waals surface area contributed by atoms with E-state index in [-0.39, 0.29) is 11.3 Å². The van der Waals surface area contributed by atoms with Crippen LogP contribution in [0.3, 0.4) is 0 Å². The Labute approximate surface area is 152 Å². The molecule has 1 N–H and O–H groups in total. The first kappa shape index (κ1) is 17.4. The van der Waals surface area contributed by atoms with Crippen LogP contribution in [0.5, 0.6) is 0 Å². The minimum atomic E-state index is -0.938.